The number of ether oxygens (including phenoxy) is 2. The molecule has 22 heavy (non-hydrogen) atoms. The van der Waals surface area contributed by atoms with Gasteiger partial charge in [-0.15, -0.1) is 0 Å². The highest BCUT2D eigenvalue weighted by Gasteiger charge is 2.72. The first-order chi connectivity index (χ1) is 10.3. The van der Waals surface area contributed by atoms with Gasteiger partial charge in [0.05, 0.1) is 7.11 Å². The average Bonchev–Trinajstić information content (AvgIpc) is 2.73. The minimum atomic E-state index is -5.04. The maximum absolute atomic E-state index is 13.5. The van der Waals surface area contributed by atoms with E-state index < -0.39 is 36.1 Å². The van der Waals surface area contributed by atoms with Crippen molar-refractivity contribution in [1.82, 2.24) is 4.90 Å². The lowest BCUT2D eigenvalue weighted by Gasteiger charge is -2.26. The second kappa shape index (κ2) is 7.63. The Morgan fingerprint density at radius 1 is 1.50 bits per heavy atom. The molecule has 9 heteroatoms. The Hall–Kier alpha value is -0.830. The fourth-order valence-corrected chi connectivity index (χ4v) is 2.76. The SMILES string of the molecule is CCCCOC1CC(C(=O)OC)(C(F)(F)F)C(=O)N1CCBr. The molecule has 0 radical (unpaired) electrons. The molecule has 0 N–H and O–H groups in total. The van der Waals surface area contributed by atoms with E-state index in [0.29, 0.717) is 6.42 Å². The van der Waals surface area contributed by atoms with Gasteiger partial charge in [-0.1, -0.05) is 29.3 Å². The lowest BCUT2D eigenvalue weighted by atomic mass is 9.85. The molecule has 2 unspecified atom stereocenters. The summed E-state index contributed by atoms with van der Waals surface area (Å²) in [6, 6.07) is 0. The Morgan fingerprint density at radius 2 is 2.14 bits per heavy atom. The summed E-state index contributed by atoms with van der Waals surface area (Å²) < 4.78 is 50.1. The van der Waals surface area contributed by atoms with E-state index in [-0.39, 0.29) is 18.5 Å². The van der Waals surface area contributed by atoms with Crippen LogP contribution in [0.25, 0.3) is 0 Å². The fourth-order valence-electron chi connectivity index (χ4n) is 2.38. The Kier molecular flexibility index (Phi) is 6.66. The molecule has 1 heterocycles. The molecule has 0 aromatic heterocycles. The van der Waals surface area contributed by atoms with Gasteiger partial charge in [-0.2, -0.15) is 13.2 Å². The van der Waals surface area contributed by atoms with Crippen LogP contribution in [0.15, 0.2) is 0 Å². The molecule has 5 nitrogen and oxygen atoms in total. The van der Waals surface area contributed by atoms with E-state index in [2.05, 4.69) is 20.7 Å². The van der Waals surface area contributed by atoms with Gasteiger partial charge < -0.3 is 14.4 Å². The molecule has 0 spiro atoms. The first kappa shape index (κ1) is 19.2. The molecule has 2 atom stereocenters. The van der Waals surface area contributed by atoms with Gasteiger partial charge in [0, 0.05) is 24.9 Å². The van der Waals surface area contributed by atoms with E-state index in [1.165, 1.54) is 0 Å². The van der Waals surface area contributed by atoms with Crippen molar-refractivity contribution in [3.63, 3.8) is 0 Å². The molecule has 128 valence electrons. The molecule has 0 aromatic rings. The molecular weight excluding hydrogens is 371 g/mol. The van der Waals surface area contributed by atoms with E-state index in [4.69, 9.17) is 4.74 Å². The van der Waals surface area contributed by atoms with Crippen LogP contribution in [0, 0.1) is 5.41 Å². The number of amides is 1. The van der Waals surface area contributed by atoms with Crippen LogP contribution >= 0.6 is 15.9 Å². The first-order valence-corrected chi connectivity index (χ1v) is 8.02. The molecule has 0 aliphatic carbocycles. The number of rotatable bonds is 7. The van der Waals surface area contributed by atoms with Crippen LogP contribution in [0.3, 0.4) is 0 Å². The summed E-state index contributed by atoms with van der Waals surface area (Å²) in [5.74, 6) is -2.90. The highest BCUT2D eigenvalue weighted by atomic mass is 79.9. The number of unbranched alkanes of at least 4 members (excludes halogenated alkanes) is 1. The average molecular weight is 390 g/mol. The molecule has 1 aliphatic heterocycles. The number of alkyl halides is 4. The van der Waals surface area contributed by atoms with Gasteiger partial charge in [-0.3, -0.25) is 9.59 Å². The quantitative estimate of drug-likeness (QED) is 0.290. The Labute approximate surface area is 135 Å². The van der Waals surface area contributed by atoms with E-state index >= 15 is 0 Å². The van der Waals surface area contributed by atoms with Crippen molar-refractivity contribution >= 4 is 27.8 Å². The number of hydrogen-bond acceptors (Lipinski definition) is 4. The zero-order chi connectivity index (χ0) is 17.0. The van der Waals surface area contributed by atoms with Crippen LogP contribution in [0.4, 0.5) is 13.2 Å². The van der Waals surface area contributed by atoms with E-state index in [9.17, 15) is 22.8 Å². The van der Waals surface area contributed by atoms with Gasteiger partial charge in [-0.25, -0.2) is 0 Å². The number of carbonyl (C=O) groups excluding carboxylic acids is 2. The number of carbonyl (C=O) groups is 2. The Balaban J connectivity index is 3.13. The van der Waals surface area contributed by atoms with Gasteiger partial charge in [-0.05, 0) is 6.42 Å². The molecule has 1 saturated heterocycles. The lowest BCUT2D eigenvalue weighted by molar-refractivity contribution is -0.228. The second-order valence-corrected chi connectivity index (χ2v) is 5.76. The van der Waals surface area contributed by atoms with Crippen molar-refractivity contribution in [1.29, 1.82) is 0 Å². The number of likely N-dealkylation sites (tertiary alicyclic amines) is 1. The summed E-state index contributed by atoms with van der Waals surface area (Å²) in [6.07, 6.45) is -5.44. The first-order valence-electron chi connectivity index (χ1n) is 6.90. The van der Waals surface area contributed by atoms with Crippen molar-refractivity contribution in [2.24, 2.45) is 5.41 Å². The zero-order valence-corrected chi connectivity index (χ0v) is 14.0. The monoisotopic (exact) mass is 389 g/mol. The molecular formula is C13H19BrF3NO4. The minimum absolute atomic E-state index is 0.0183. The summed E-state index contributed by atoms with van der Waals surface area (Å²) in [5.41, 5.74) is -3.18. The van der Waals surface area contributed by atoms with Crippen molar-refractivity contribution < 1.29 is 32.2 Å². The fraction of sp³-hybridized carbons (Fsp3) is 0.846. The number of methoxy groups -OCH3 is 1. The smallest absolute Gasteiger partial charge is 0.413 e. The second-order valence-electron chi connectivity index (χ2n) is 4.97. The van der Waals surface area contributed by atoms with Crippen molar-refractivity contribution in [3.05, 3.63) is 0 Å². The van der Waals surface area contributed by atoms with Crippen LogP contribution in [-0.2, 0) is 19.1 Å². The largest absolute Gasteiger partial charge is 0.468 e. The van der Waals surface area contributed by atoms with Crippen molar-refractivity contribution in [2.45, 2.75) is 38.6 Å². The maximum Gasteiger partial charge on any atom is 0.413 e. The molecule has 1 fully saturated rings. The molecule has 0 saturated carbocycles. The molecule has 1 amide bonds. The van der Waals surface area contributed by atoms with Gasteiger partial charge in [0.2, 0.25) is 5.41 Å². The van der Waals surface area contributed by atoms with E-state index in [1.54, 1.807) is 0 Å². The maximum atomic E-state index is 13.5. The van der Waals surface area contributed by atoms with Gasteiger partial charge in [0.15, 0.2) is 0 Å². The number of hydrogen-bond donors (Lipinski definition) is 0. The zero-order valence-electron chi connectivity index (χ0n) is 12.4. The van der Waals surface area contributed by atoms with Crippen LogP contribution in [0.2, 0.25) is 0 Å². The summed E-state index contributed by atoms with van der Waals surface area (Å²) in [5, 5.41) is 0.279. The van der Waals surface area contributed by atoms with Crippen LogP contribution in [0.1, 0.15) is 26.2 Å². The number of nitrogens with zero attached hydrogens (tertiary/aromatic N) is 1. The van der Waals surface area contributed by atoms with Crippen molar-refractivity contribution in [2.75, 3.05) is 25.6 Å². The predicted octanol–water partition coefficient (Wildman–Crippen LogP) is 2.48. The Bertz CT molecular complexity index is 419. The third-order valence-corrected chi connectivity index (χ3v) is 3.96. The highest BCUT2D eigenvalue weighted by molar-refractivity contribution is 9.09. The number of esters is 1. The predicted molar refractivity (Wildman–Crippen MR) is 75.3 cm³/mol. The minimum Gasteiger partial charge on any atom is -0.468 e. The van der Waals surface area contributed by atoms with Crippen LogP contribution in [-0.4, -0.2) is 54.8 Å². The molecule has 1 rings (SSSR count). The summed E-state index contributed by atoms with van der Waals surface area (Å²) in [6.45, 7) is 2.15. The molecule has 0 aromatic carbocycles. The van der Waals surface area contributed by atoms with Gasteiger partial charge in [0.1, 0.15) is 6.23 Å². The lowest BCUT2D eigenvalue weighted by Crippen LogP contribution is -2.51. The van der Waals surface area contributed by atoms with E-state index in [0.717, 1.165) is 18.4 Å². The Morgan fingerprint density at radius 3 is 2.59 bits per heavy atom. The third kappa shape index (κ3) is 3.40. The van der Waals surface area contributed by atoms with Crippen LogP contribution in [0.5, 0.6) is 0 Å². The van der Waals surface area contributed by atoms with E-state index in [1.807, 2.05) is 6.92 Å². The normalized spacial score (nSPS) is 25.6. The number of halogens is 4. The summed E-state index contributed by atoms with van der Waals surface area (Å²) in [7, 11) is 0.837. The summed E-state index contributed by atoms with van der Waals surface area (Å²) >= 11 is 3.09. The van der Waals surface area contributed by atoms with Crippen LogP contribution < -0.4 is 0 Å². The van der Waals surface area contributed by atoms with Gasteiger partial charge in [0.25, 0.3) is 5.91 Å². The molecule has 1 aliphatic rings. The summed E-state index contributed by atoms with van der Waals surface area (Å²) in [4.78, 5) is 25.0. The van der Waals surface area contributed by atoms with Crippen molar-refractivity contribution in [3.8, 4) is 0 Å². The van der Waals surface area contributed by atoms with Gasteiger partial charge >= 0.3 is 12.1 Å². The topological polar surface area (TPSA) is 55.8 Å². The highest BCUT2D eigenvalue weighted by Crippen LogP contribution is 2.49. The molecule has 0 bridgehead atoms. The standard InChI is InChI=1S/C13H19BrF3NO4/c1-3-4-7-22-9-8-12(11(20)21-2,13(15,16)17)10(19)18(9)6-5-14/h9H,3-8H2,1-2H3. The third-order valence-electron chi connectivity index (χ3n) is 3.61.